The summed E-state index contributed by atoms with van der Waals surface area (Å²) in [5.74, 6) is 1.07. The number of aromatic nitrogens is 3. The second kappa shape index (κ2) is 3.87. The Hall–Kier alpha value is -1.42. The van der Waals surface area contributed by atoms with E-state index in [2.05, 4.69) is 14.5 Å². The standard InChI is InChI=1S/C12H15N3O/c1-15-11(8-9-4-3-7-16-9)14-10-5-2-6-13-12(10)15/h2,5-6,9H,3-4,7-8H2,1H3. The lowest BCUT2D eigenvalue weighted by atomic mass is 10.2. The van der Waals surface area contributed by atoms with Gasteiger partial charge in [-0.25, -0.2) is 9.97 Å². The van der Waals surface area contributed by atoms with Gasteiger partial charge in [0.05, 0.1) is 6.10 Å². The Balaban J connectivity index is 1.94. The average molecular weight is 217 g/mol. The van der Waals surface area contributed by atoms with Gasteiger partial charge in [-0.2, -0.15) is 0 Å². The van der Waals surface area contributed by atoms with Gasteiger partial charge in [0, 0.05) is 26.3 Å². The fourth-order valence-electron chi connectivity index (χ4n) is 2.26. The average Bonchev–Trinajstić information content (AvgIpc) is 2.90. The van der Waals surface area contributed by atoms with Crippen LogP contribution in [-0.4, -0.2) is 27.2 Å². The Kier molecular flexibility index (Phi) is 2.36. The second-order valence-corrected chi connectivity index (χ2v) is 4.27. The third-order valence-electron chi connectivity index (χ3n) is 3.15. The lowest BCUT2D eigenvalue weighted by Gasteiger charge is -2.08. The lowest BCUT2D eigenvalue weighted by molar-refractivity contribution is 0.109. The number of aryl methyl sites for hydroxylation is 1. The molecule has 84 valence electrons. The highest BCUT2D eigenvalue weighted by molar-refractivity contribution is 5.70. The molecule has 1 saturated heterocycles. The molecule has 1 fully saturated rings. The highest BCUT2D eigenvalue weighted by Crippen LogP contribution is 2.19. The van der Waals surface area contributed by atoms with Crippen molar-refractivity contribution in [3.05, 3.63) is 24.2 Å². The minimum Gasteiger partial charge on any atom is -0.378 e. The molecule has 1 aliphatic rings. The Labute approximate surface area is 94.3 Å². The quantitative estimate of drug-likeness (QED) is 0.768. The molecule has 4 nitrogen and oxygen atoms in total. The molecule has 2 aromatic heterocycles. The molecule has 1 unspecified atom stereocenters. The summed E-state index contributed by atoms with van der Waals surface area (Å²) >= 11 is 0. The monoisotopic (exact) mass is 217 g/mol. The van der Waals surface area contributed by atoms with Crippen LogP contribution in [-0.2, 0) is 18.2 Å². The first-order valence-electron chi connectivity index (χ1n) is 5.72. The summed E-state index contributed by atoms with van der Waals surface area (Å²) < 4.78 is 7.70. The molecule has 2 aromatic rings. The largest absolute Gasteiger partial charge is 0.378 e. The summed E-state index contributed by atoms with van der Waals surface area (Å²) in [6.07, 6.45) is 5.37. The number of fused-ring (bicyclic) bond motifs is 1. The van der Waals surface area contributed by atoms with E-state index in [4.69, 9.17) is 4.74 Å². The molecule has 3 rings (SSSR count). The van der Waals surface area contributed by atoms with Crippen molar-refractivity contribution in [1.82, 2.24) is 14.5 Å². The van der Waals surface area contributed by atoms with Gasteiger partial charge in [-0.3, -0.25) is 0 Å². The van der Waals surface area contributed by atoms with Crippen LogP contribution in [0.3, 0.4) is 0 Å². The second-order valence-electron chi connectivity index (χ2n) is 4.27. The van der Waals surface area contributed by atoms with Crippen molar-refractivity contribution in [3.63, 3.8) is 0 Å². The van der Waals surface area contributed by atoms with Gasteiger partial charge >= 0.3 is 0 Å². The van der Waals surface area contributed by atoms with Crippen molar-refractivity contribution in [3.8, 4) is 0 Å². The Morgan fingerprint density at radius 1 is 1.56 bits per heavy atom. The van der Waals surface area contributed by atoms with Crippen molar-refractivity contribution in [2.24, 2.45) is 7.05 Å². The molecular weight excluding hydrogens is 202 g/mol. The van der Waals surface area contributed by atoms with Crippen LogP contribution in [0, 0.1) is 0 Å². The number of imidazole rings is 1. The van der Waals surface area contributed by atoms with Crippen LogP contribution >= 0.6 is 0 Å². The predicted molar refractivity (Wildman–Crippen MR) is 61.2 cm³/mol. The molecule has 16 heavy (non-hydrogen) atoms. The maximum absolute atomic E-state index is 5.63. The minimum atomic E-state index is 0.343. The first-order chi connectivity index (χ1) is 7.84. The SMILES string of the molecule is Cn1c(CC2CCCO2)nc2cccnc21. The van der Waals surface area contributed by atoms with Crippen LogP contribution in [0.4, 0.5) is 0 Å². The van der Waals surface area contributed by atoms with E-state index in [9.17, 15) is 0 Å². The van der Waals surface area contributed by atoms with Crippen molar-refractivity contribution in [2.45, 2.75) is 25.4 Å². The normalized spacial score (nSPS) is 20.7. The maximum Gasteiger partial charge on any atom is 0.159 e. The zero-order valence-corrected chi connectivity index (χ0v) is 9.39. The van der Waals surface area contributed by atoms with Crippen LogP contribution in [0.15, 0.2) is 18.3 Å². The highest BCUT2D eigenvalue weighted by Gasteiger charge is 2.19. The molecule has 1 aliphatic heterocycles. The number of nitrogens with zero attached hydrogens (tertiary/aromatic N) is 3. The molecule has 0 aliphatic carbocycles. The fraction of sp³-hybridized carbons (Fsp3) is 0.500. The van der Waals surface area contributed by atoms with Gasteiger partial charge in [0.15, 0.2) is 5.65 Å². The Bertz CT molecular complexity index is 500. The zero-order chi connectivity index (χ0) is 11.0. The summed E-state index contributed by atoms with van der Waals surface area (Å²) in [4.78, 5) is 8.93. The van der Waals surface area contributed by atoms with Crippen LogP contribution in [0.5, 0.6) is 0 Å². The van der Waals surface area contributed by atoms with E-state index in [1.54, 1.807) is 6.20 Å². The maximum atomic E-state index is 5.63. The van der Waals surface area contributed by atoms with Gasteiger partial charge in [0.2, 0.25) is 0 Å². The van der Waals surface area contributed by atoms with E-state index in [-0.39, 0.29) is 0 Å². The molecule has 0 saturated carbocycles. The first kappa shape index (κ1) is 9.78. The van der Waals surface area contributed by atoms with E-state index in [1.807, 2.05) is 19.2 Å². The summed E-state index contributed by atoms with van der Waals surface area (Å²) in [6, 6.07) is 3.92. The molecule has 3 heterocycles. The molecular formula is C12H15N3O. The van der Waals surface area contributed by atoms with E-state index in [1.165, 1.54) is 6.42 Å². The van der Waals surface area contributed by atoms with E-state index in [0.717, 1.165) is 36.4 Å². The Morgan fingerprint density at radius 2 is 2.50 bits per heavy atom. The summed E-state index contributed by atoms with van der Waals surface area (Å²) in [6.45, 7) is 0.896. The van der Waals surface area contributed by atoms with Gasteiger partial charge in [-0.1, -0.05) is 0 Å². The summed E-state index contributed by atoms with van der Waals surface area (Å²) in [5.41, 5.74) is 1.92. The van der Waals surface area contributed by atoms with Crippen LogP contribution in [0.2, 0.25) is 0 Å². The first-order valence-corrected chi connectivity index (χ1v) is 5.72. The van der Waals surface area contributed by atoms with Crippen molar-refractivity contribution < 1.29 is 4.74 Å². The molecule has 4 heteroatoms. The molecule has 0 bridgehead atoms. The number of rotatable bonds is 2. The van der Waals surface area contributed by atoms with Crippen LogP contribution < -0.4 is 0 Å². The van der Waals surface area contributed by atoms with Gasteiger partial charge in [-0.15, -0.1) is 0 Å². The van der Waals surface area contributed by atoms with E-state index in [0.29, 0.717) is 6.10 Å². The number of pyridine rings is 1. The van der Waals surface area contributed by atoms with Crippen molar-refractivity contribution in [1.29, 1.82) is 0 Å². The number of hydrogen-bond donors (Lipinski definition) is 0. The zero-order valence-electron chi connectivity index (χ0n) is 9.39. The van der Waals surface area contributed by atoms with Crippen LogP contribution in [0.1, 0.15) is 18.7 Å². The predicted octanol–water partition coefficient (Wildman–Crippen LogP) is 1.69. The van der Waals surface area contributed by atoms with Gasteiger partial charge in [0.25, 0.3) is 0 Å². The minimum absolute atomic E-state index is 0.343. The topological polar surface area (TPSA) is 39.9 Å². The number of hydrogen-bond acceptors (Lipinski definition) is 3. The third kappa shape index (κ3) is 1.59. The fourth-order valence-corrected chi connectivity index (χ4v) is 2.26. The lowest BCUT2D eigenvalue weighted by Crippen LogP contribution is -2.12. The highest BCUT2D eigenvalue weighted by atomic mass is 16.5. The van der Waals surface area contributed by atoms with Gasteiger partial charge < -0.3 is 9.30 Å². The van der Waals surface area contributed by atoms with Crippen molar-refractivity contribution >= 4 is 11.2 Å². The molecule has 0 radical (unpaired) electrons. The molecule has 0 N–H and O–H groups in total. The Morgan fingerprint density at radius 3 is 3.25 bits per heavy atom. The van der Waals surface area contributed by atoms with Crippen LogP contribution in [0.25, 0.3) is 11.2 Å². The van der Waals surface area contributed by atoms with Gasteiger partial charge in [0.1, 0.15) is 11.3 Å². The molecule has 0 spiro atoms. The summed E-state index contributed by atoms with van der Waals surface area (Å²) in [7, 11) is 2.02. The molecule has 1 atom stereocenters. The van der Waals surface area contributed by atoms with Gasteiger partial charge in [-0.05, 0) is 25.0 Å². The number of ether oxygens (including phenoxy) is 1. The van der Waals surface area contributed by atoms with E-state index >= 15 is 0 Å². The molecule has 0 amide bonds. The molecule has 0 aromatic carbocycles. The van der Waals surface area contributed by atoms with Crippen molar-refractivity contribution in [2.75, 3.05) is 6.61 Å². The smallest absolute Gasteiger partial charge is 0.159 e. The third-order valence-corrected chi connectivity index (χ3v) is 3.15. The van der Waals surface area contributed by atoms with E-state index < -0.39 is 0 Å². The summed E-state index contributed by atoms with van der Waals surface area (Å²) in [5, 5.41) is 0.